The van der Waals surface area contributed by atoms with Gasteiger partial charge in [0.15, 0.2) is 0 Å². The molecule has 0 aliphatic carbocycles. The highest BCUT2D eigenvalue weighted by molar-refractivity contribution is 7.91. The molecule has 1 amide bonds. The molecule has 2 aromatic rings. The Balaban J connectivity index is 1.61. The summed E-state index contributed by atoms with van der Waals surface area (Å²) >= 11 is 1.22. The van der Waals surface area contributed by atoms with Crippen LogP contribution in [0.4, 0.5) is 0 Å². The summed E-state index contributed by atoms with van der Waals surface area (Å²) in [4.78, 5) is 19.0. The number of aromatic nitrogens is 1. The van der Waals surface area contributed by atoms with Gasteiger partial charge in [-0.3, -0.25) is 9.78 Å². The largest absolute Gasteiger partial charge is 0.332 e. The van der Waals surface area contributed by atoms with Crippen LogP contribution >= 0.6 is 11.3 Å². The van der Waals surface area contributed by atoms with Crippen molar-refractivity contribution in [3.63, 3.8) is 0 Å². The van der Waals surface area contributed by atoms with E-state index in [0.717, 1.165) is 18.5 Å². The first-order valence-electron chi connectivity index (χ1n) is 8.30. The highest BCUT2D eigenvalue weighted by Gasteiger charge is 2.44. The number of thiophene rings is 1. The third kappa shape index (κ3) is 3.09. The van der Waals surface area contributed by atoms with E-state index in [0.29, 0.717) is 17.3 Å². The van der Waals surface area contributed by atoms with Gasteiger partial charge in [0.25, 0.3) is 10.0 Å². The predicted octanol–water partition coefficient (Wildman–Crippen LogP) is 1.95. The maximum atomic E-state index is 12.9. The number of piperidine rings is 1. The average Bonchev–Trinajstić information content (AvgIpc) is 3.03. The lowest BCUT2D eigenvalue weighted by Gasteiger charge is -2.35. The normalized spacial score (nSPS) is 24.5. The summed E-state index contributed by atoms with van der Waals surface area (Å²) < 4.78 is 27.6. The molecular formula is C17H19N3O3S2. The lowest BCUT2D eigenvalue weighted by Crippen LogP contribution is -2.47. The molecule has 2 unspecified atom stereocenters. The van der Waals surface area contributed by atoms with E-state index in [2.05, 4.69) is 4.98 Å². The topological polar surface area (TPSA) is 70.6 Å². The van der Waals surface area contributed by atoms with Crippen molar-refractivity contribution in [2.45, 2.75) is 29.6 Å². The molecule has 6 nitrogen and oxygen atoms in total. The number of fused-ring (bicyclic) bond motifs is 4. The Labute approximate surface area is 151 Å². The fourth-order valence-electron chi connectivity index (χ4n) is 3.61. The van der Waals surface area contributed by atoms with Crippen LogP contribution in [0.1, 0.15) is 18.5 Å². The van der Waals surface area contributed by atoms with E-state index in [4.69, 9.17) is 0 Å². The Hall–Kier alpha value is -1.77. The molecule has 0 radical (unpaired) electrons. The zero-order valence-corrected chi connectivity index (χ0v) is 15.2. The van der Waals surface area contributed by atoms with Gasteiger partial charge in [0.05, 0.1) is 18.2 Å². The summed E-state index contributed by atoms with van der Waals surface area (Å²) in [6, 6.07) is 8.91. The molecular weight excluding hydrogens is 358 g/mol. The zero-order chi connectivity index (χ0) is 17.4. The molecule has 0 aromatic carbocycles. The van der Waals surface area contributed by atoms with Crippen LogP contribution in [0.25, 0.3) is 0 Å². The van der Waals surface area contributed by atoms with Gasteiger partial charge in [0.1, 0.15) is 4.21 Å². The fourth-order valence-corrected chi connectivity index (χ4v) is 6.28. The molecule has 3 aliphatic rings. The van der Waals surface area contributed by atoms with Gasteiger partial charge in [-0.15, -0.1) is 11.3 Å². The van der Waals surface area contributed by atoms with Crippen LogP contribution < -0.4 is 0 Å². The summed E-state index contributed by atoms with van der Waals surface area (Å²) in [5, 5.41) is 1.76. The number of pyridine rings is 1. The second-order valence-corrected chi connectivity index (χ2v) is 9.58. The SMILES string of the molecule is O=C1C2CCC(CN(S(=O)(=O)c3cccs3)C2)N1Cc1ccccn1. The highest BCUT2D eigenvalue weighted by Crippen LogP contribution is 2.33. The number of hydrogen-bond donors (Lipinski definition) is 0. The third-order valence-corrected chi connectivity index (χ3v) is 8.11. The molecule has 2 bridgehead atoms. The van der Waals surface area contributed by atoms with Gasteiger partial charge >= 0.3 is 0 Å². The van der Waals surface area contributed by atoms with Crippen molar-refractivity contribution in [2.24, 2.45) is 5.92 Å². The standard InChI is InChI=1S/C17H19N3O3S2/c21-17-13-6-7-15(20(17)11-14-4-1-2-8-18-14)12-19(10-13)25(22,23)16-5-3-9-24-16/h1-5,8-9,13,15H,6-7,10-12H2. The molecule has 3 fully saturated rings. The Morgan fingerprint density at radius 2 is 2.04 bits per heavy atom. The van der Waals surface area contributed by atoms with Crippen molar-refractivity contribution in [2.75, 3.05) is 13.1 Å². The van der Waals surface area contributed by atoms with Gasteiger partial charge < -0.3 is 4.90 Å². The summed E-state index contributed by atoms with van der Waals surface area (Å²) in [5.41, 5.74) is 0.830. The molecule has 2 aromatic heterocycles. The van der Waals surface area contributed by atoms with Crippen LogP contribution in [0, 0.1) is 5.92 Å². The minimum Gasteiger partial charge on any atom is -0.332 e. The van der Waals surface area contributed by atoms with Gasteiger partial charge in [-0.2, -0.15) is 4.31 Å². The van der Waals surface area contributed by atoms with Crippen molar-refractivity contribution in [3.05, 3.63) is 47.6 Å². The van der Waals surface area contributed by atoms with E-state index in [1.807, 2.05) is 23.1 Å². The predicted molar refractivity (Wildman–Crippen MR) is 94.4 cm³/mol. The number of amides is 1. The van der Waals surface area contributed by atoms with Crippen molar-refractivity contribution in [1.82, 2.24) is 14.2 Å². The van der Waals surface area contributed by atoms with Gasteiger partial charge in [-0.05, 0) is 36.4 Å². The first-order chi connectivity index (χ1) is 12.1. The minimum atomic E-state index is -3.53. The van der Waals surface area contributed by atoms with E-state index in [-0.39, 0.29) is 24.4 Å². The molecule has 8 heteroatoms. The lowest BCUT2D eigenvalue weighted by molar-refractivity contribution is -0.140. The number of nitrogens with zero attached hydrogens (tertiary/aromatic N) is 3. The first kappa shape index (κ1) is 16.7. The minimum absolute atomic E-state index is 0.0470. The molecule has 2 atom stereocenters. The van der Waals surface area contributed by atoms with Gasteiger partial charge in [0.2, 0.25) is 5.91 Å². The van der Waals surface area contributed by atoms with Crippen molar-refractivity contribution in [1.29, 1.82) is 0 Å². The first-order valence-corrected chi connectivity index (χ1v) is 10.6. The summed E-state index contributed by atoms with van der Waals surface area (Å²) in [6.07, 6.45) is 3.29. The van der Waals surface area contributed by atoms with Crippen LogP contribution in [0.2, 0.25) is 0 Å². The smallest absolute Gasteiger partial charge is 0.252 e. The van der Waals surface area contributed by atoms with Crippen LogP contribution in [0.3, 0.4) is 0 Å². The summed E-state index contributed by atoms with van der Waals surface area (Å²) in [5.74, 6) is -0.219. The van der Waals surface area contributed by atoms with Crippen molar-refractivity contribution < 1.29 is 13.2 Å². The van der Waals surface area contributed by atoms with Gasteiger partial charge in [0, 0.05) is 25.3 Å². The van der Waals surface area contributed by atoms with E-state index in [9.17, 15) is 13.2 Å². The molecule has 5 heterocycles. The Kier molecular flexibility index (Phi) is 4.35. The van der Waals surface area contributed by atoms with Gasteiger partial charge in [-0.1, -0.05) is 12.1 Å². The quantitative estimate of drug-likeness (QED) is 0.817. The van der Waals surface area contributed by atoms with Crippen molar-refractivity contribution >= 4 is 27.3 Å². The second-order valence-electron chi connectivity index (χ2n) is 6.47. The van der Waals surface area contributed by atoms with Crippen LogP contribution in [-0.4, -0.2) is 47.6 Å². The Bertz CT molecular complexity index is 853. The maximum Gasteiger partial charge on any atom is 0.252 e. The highest BCUT2D eigenvalue weighted by atomic mass is 32.2. The Morgan fingerprint density at radius 3 is 2.76 bits per heavy atom. The lowest BCUT2D eigenvalue weighted by atomic mass is 9.94. The van der Waals surface area contributed by atoms with Crippen LogP contribution in [0.15, 0.2) is 46.1 Å². The molecule has 0 N–H and O–H groups in total. The monoisotopic (exact) mass is 377 g/mol. The number of sulfonamides is 1. The van der Waals surface area contributed by atoms with E-state index in [1.165, 1.54) is 15.6 Å². The number of carbonyl (C=O) groups excluding carboxylic acids is 1. The number of hydrogen-bond acceptors (Lipinski definition) is 5. The molecule has 3 saturated heterocycles. The van der Waals surface area contributed by atoms with Crippen molar-refractivity contribution in [3.8, 4) is 0 Å². The third-order valence-electron chi connectivity index (χ3n) is 4.91. The van der Waals surface area contributed by atoms with E-state index < -0.39 is 10.0 Å². The van der Waals surface area contributed by atoms with Gasteiger partial charge in [-0.25, -0.2) is 8.42 Å². The molecule has 3 aliphatic heterocycles. The maximum absolute atomic E-state index is 12.9. The average molecular weight is 377 g/mol. The van der Waals surface area contributed by atoms with E-state index in [1.54, 1.807) is 23.7 Å². The number of carbonyl (C=O) groups is 1. The molecule has 0 saturated carbocycles. The fraction of sp³-hybridized carbons (Fsp3) is 0.412. The summed E-state index contributed by atoms with van der Waals surface area (Å²) in [7, 11) is -3.53. The second kappa shape index (κ2) is 6.51. The Morgan fingerprint density at radius 1 is 1.16 bits per heavy atom. The summed E-state index contributed by atoms with van der Waals surface area (Å²) in [6.45, 7) is 1.07. The van der Waals surface area contributed by atoms with Crippen LogP contribution in [-0.2, 0) is 21.4 Å². The zero-order valence-electron chi connectivity index (χ0n) is 13.6. The molecule has 0 spiro atoms. The number of rotatable bonds is 4. The molecule has 5 rings (SSSR count). The van der Waals surface area contributed by atoms with E-state index >= 15 is 0 Å². The molecule has 132 valence electrons. The van der Waals surface area contributed by atoms with Crippen LogP contribution in [0.5, 0.6) is 0 Å². The molecule has 25 heavy (non-hydrogen) atoms.